The van der Waals surface area contributed by atoms with Gasteiger partial charge in [-0.15, -0.1) is 0 Å². The summed E-state index contributed by atoms with van der Waals surface area (Å²) in [4.78, 5) is 0. The molecule has 0 bridgehead atoms. The van der Waals surface area contributed by atoms with Crippen LogP contribution in [0.1, 0.15) is 31.7 Å². The molecule has 0 amide bonds. The third kappa shape index (κ3) is 2.79. The van der Waals surface area contributed by atoms with Crippen LogP contribution >= 0.6 is 0 Å². The summed E-state index contributed by atoms with van der Waals surface area (Å²) >= 11 is 0. The lowest BCUT2D eigenvalue weighted by Crippen LogP contribution is -2.37. The minimum absolute atomic E-state index is 0.287. The average molecular weight is 235 g/mol. The highest BCUT2D eigenvalue weighted by molar-refractivity contribution is 5.38. The van der Waals surface area contributed by atoms with E-state index in [1.54, 1.807) is 7.11 Å². The van der Waals surface area contributed by atoms with E-state index in [-0.39, 0.29) is 6.10 Å². The van der Waals surface area contributed by atoms with Crippen LogP contribution in [0.3, 0.4) is 0 Å². The number of methoxy groups -OCH3 is 1. The summed E-state index contributed by atoms with van der Waals surface area (Å²) in [6, 6.07) is 7.95. The Balaban J connectivity index is 2.17. The first-order chi connectivity index (χ1) is 8.13. The summed E-state index contributed by atoms with van der Waals surface area (Å²) in [5.41, 5.74) is 7.09. The number of benzene rings is 1. The SMILES string of the molecule is COc1ccccc1C(C)(N)CC1CCCO1. The van der Waals surface area contributed by atoms with Gasteiger partial charge in [0.05, 0.1) is 13.2 Å². The molecule has 17 heavy (non-hydrogen) atoms. The van der Waals surface area contributed by atoms with Gasteiger partial charge in [-0.3, -0.25) is 0 Å². The predicted octanol–water partition coefficient (Wildman–Crippen LogP) is 2.44. The van der Waals surface area contributed by atoms with E-state index in [2.05, 4.69) is 0 Å². The number of rotatable bonds is 4. The maximum absolute atomic E-state index is 6.43. The lowest BCUT2D eigenvalue weighted by atomic mass is 9.86. The zero-order valence-corrected chi connectivity index (χ0v) is 10.6. The van der Waals surface area contributed by atoms with Crippen LogP contribution in [0.25, 0.3) is 0 Å². The zero-order valence-electron chi connectivity index (χ0n) is 10.6. The van der Waals surface area contributed by atoms with Crippen LogP contribution < -0.4 is 10.5 Å². The molecule has 0 spiro atoms. The van der Waals surface area contributed by atoms with E-state index in [4.69, 9.17) is 15.2 Å². The quantitative estimate of drug-likeness (QED) is 0.871. The van der Waals surface area contributed by atoms with Gasteiger partial charge < -0.3 is 15.2 Å². The molecule has 0 radical (unpaired) electrons. The Labute approximate surface area is 103 Å². The van der Waals surface area contributed by atoms with Crippen molar-refractivity contribution in [3.05, 3.63) is 29.8 Å². The Morgan fingerprint density at radius 3 is 2.88 bits per heavy atom. The Morgan fingerprint density at radius 2 is 2.24 bits per heavy atom. The molecule has 1 aromatic rings. The first-order valence-corrected chi connectivity index (χ1v) is 6.17. The van der Waals surface area contributed by atoms with Crippen molar-refractivity contribution < 1.29 is 9.47 Å². The summed E-state index contributed by atoms with van der Waals surface area (Å²) in [6.07, 6.45) is 3.39. The van der Waals surface area contributed by atoms with Crippen molar-refractivity contribution in [2.24, 2.45) is 5.73 Å². The van der Waals surface area contributed by atoms with Crippen molar-refractivity contribution in [3.63, 3.8) is 0 Å². The fourth-order valence-corrected chi connectivity index (χ4v) is 2.50. The van der Waals surface area contributed by atoms with E-state index < -0.39 is 5.54 Å². The van der Waals surface area contributed by atoms with Gasteiger partial charge in [0.2, 0.25) is 0 Å². The minimum Gasteiger partial charge on any atom is -0.496 e. The molecular formula is C14H21NO2. The van der Waals surface area contributed by atoms with Crippen LogP contribution in [0.5, 0.6) is 5.75 Å². The standard InChI is InChI=1S/C14H21NO2/c1-14(15,10-11-6-5-9-17-11)12-7-3-4-8-13(12)16-2/h3-4,7-8,11H,5-6,9-10,15H2,1-2H3. The van der Waals surface area contributed by atoms with Crippen LogP contribution in [0, 0.1) is 0 Å². The highest BCUT2D eigenvalue weighted by Gasteiger charge is 2.30. The van der Waals surface area contributed by atoms with Gasteiger partial charge in [-0.1, -0.05) is 18.2 Å². The van der Waals surface area contributed by atoms with Gasteiger partial charge in [-0.2, -0.15) is 0 Å². The Kier molecular flexibility index (Phi) is 3.69. The molecule has 0 aromatic heterocycles. The van der Waals surface area contributed by atoms with Crippen LogP contribution in [0.15, 0.2) is 24.3 Å². The number of ether oxygens (including phenoxy) is 2. The molecule has 1 aromatic carbocycles. The lowest BCUT2D eigenvalue weighted by molar-refractivity contribution is 0.0851. The van der Waals surface area contributed by atoms with Gasteiger partial charge in [0.25, 0.3) is 0 Å². The number of hydrogen-bond acceptors (Lipinski definition) is 3. The third-order valence-corrected chi connectivity index (χ3v) is 3.40. The smallest absolute Gasteiger partial charge is 0.123 e. The van der Waals surface area contributed by atoms with Gasteiger partial charge in [0, 0.05) is 17.7 Å². The van der Waals surface area contributed by atoms with Gasteiger partial charge in [-0.25, -0.2) is 0 Å². The molecule has 1 saturated heterocycles. The van der Waals surface area contributed by atoms with E-state index in [1.165, 1.54) is 0 Å². The van der Waals surface area contributed by atoms with E-state index in [0.29, 0.717) is 0 Å². The van der Waals surface area contributed by atoms with Crippen LogP contribution in [-0.4, -0.2) is 19.8 Å². The van der Waals surface area contributed by atoms with Crippen LogP contribution in [0.4, 0.5) is 0 Å². The molecule has 1 heterocycles. The second-order valence-corrected chi connectivity index (χ2v) is 4.96. The molecule has 3 nitrogen and oxygen atoms in total. The highest BCUT2D eigenvalue weighted by atomic mass is 16.5. The topological polar surface area (TPSA) is 44.5 Å². The maximum Gasteiger partial charge on any atom is 0.123 e. The maximum atomic E-state index is 6.43. The molecule has 0 saturated carbocycles. The largest absolute Gasteiger partial charge is 0.496 e. The van der Waals surface area contributed by atoms with Crippen molar-refractivity contribution in [2.75, 3.05) is 13.7 Å². The number of hydrogen-bond donors (Lipinski definition) is 1. The summed E-state index contributed by atoms with van der Waals surface area (Å²) in [6.45, 7) is 2.92. The molecular weight excluding hydrogens is 214 g/mol. The number of nitrogens with two attached hydrogens (primary N) is 1. The fraction of sp³-hybridized carbons (Fsp3) is 0.571. The fourth-order valence-electron chi connectivity index (χ4n) is 2.50. The highest BCUT2D eigenvalue weighted by Crippen LogP contribution is 2.33. The molecule has 2 unspecified atom stereocenters. The Hall–Kier alpha value is -1.06. The Bertz CT molecular complexity index is 370. The molecule has 94 valence electrons. The molecule has 2 atom stereocenters. The predicted molar refractivity (Wildman–Crippen MR) is 68.1 cm³/mol. The molecule has 1 aliphatic heterocycles. The van der Waals surface area contributed by atoms with Gasteiger partial charge in [0.15, 0.2) is 0 Å². The number of para-hydroxylation sites is 1. The van der Waals surface area contributed by atoms with E-state index in [0.717, 1.165) is 37.2 Å². The monoisotopic (exact) mass is 235 g/mol. The Morgan fingerprint density at radius 1 is 1.47 bits per heavy atom. The van der Waals surface area contributed by atoms with Crippen molar-refractivity contribution in [1.82, 2.24) is 0 Å². The molecule has 1 aliphatic rings. The molecule has 1 fully saturated rings. The van der Waals surface area contributed by atoms with E-state index in [1.807, 2.05) is 31.2 Å². The first kappa shape index (κ1) is 12.4. The average Bonchev–Trinajstić information content (AvgIpc) is 2.81. The summed E-state index contributed by atoms with van der Waals surface area (Å²) in [7, 11) is 1.68. The van der Waals surface area contributed by atoms with Crippen molar-refractivity contribution in [2.45, 2.75) is 37.8 Å². The molecule has 3 heteroatoms. The van der Waals surface area contributed by atoms with E-state index in [9.17, 15) is 0 Å². The van der Waals surface area contributed by atoms with Crippen molar-refractivity contribution >= 4 is 0 Å². The lowest BCUT2D eigenvalue weighted by Gasteiger charge is -2.29. The molecule has 2 N–H and O–H groups in total. The zero-order chi connectivity index (χ0) is 12.3. The second-order valence-electron chi connectivity index (χ2n) is 4.96. The van der Waals surface area contributed by atoms with Gasteiger partial charge in [0.1, 0.15) is 5.75 Å². The first-order valence-electron chi connectivity index (χ1n) is 6.17. The molecule has 0 aliphatic carbocycles. The molecule has 2 rings (SSSR count). The van der Waals surface area contributed by atoms with Crippen LogP contribution in [-0.2, 0) is 10.3 Å². The van der Waals surface area contributed by atoms with Crippen molar-refractivity contribution in [3.8, 4) is 5.75 Å². The van der Waals surface area contributed by atoms with Crippen LogP contribution in [0.2, 0.25) is 0 Å². The van der Waals surface area contributed by atoms with Crippen molar-refractivity contribution in [1.29, 1.82) is 0 Å². The summed E-state index contributed by atoms with van der Waals surface area (Å²) < 4.78 is 11.0. The van der Waals surface area contributed by atoms with E-state index >= 15 is 0 Å². The third-order valence-electron chi connectivity index (χ3n) is 3.40. The summed E-state index contributed by atoms with van der Waals surface area (Å²) in [5.74, 6) is 0.857. The summed E-state index contributed by atoms with van der Waals surface area (Å²) in [5, 5.41) is 0. The van der Waals surface area contributed by atoms with Gasteiger partial charge >= 0.3 is 0 Å². The minimum atomic E-state index is -0.401. The normalized spacial score (nSPS) is 23.4. The van der Waals surface area contributed by atoms with Gasteiger partial charge in [-0.05, 0) is 32.3 Å². The second kappa shape index (κ2) is 5.07.